The molecule has 0 fully saturated rings. The molecule has 0 unspecified atom stereocenters. The van der Waals surface area contributed by atoms with E-state index >= 15 is 0 Å². The number of nitrogens with zero attached hydrogens (tertiary/aromatic N) is 1. The molecule has 6 heteroatoms. The summed E-state index contributed by atoms with van der Waals surface area (Å²) in [6, 6.07) is 19.8. The van der Waals surface area contributed by atoms with Crippen LogP contribution in [0.4, 0.5) is 11.4 Å². The van der Waals surface area contributed by atoms with Gasteiger partial charge in [0.05, 0.1) is 25.5 Å². The maximum atomic E-state index is 13.4. The van der Waals surface area contributed by atoms with E-state index in [1.807, 2.05) is 48.5 Å². The van der Waals surface area contributed by atoms with Crippen LogP contribution >= 0.6 is 0 Å². The molecule has 1 aliphatic heterocycles. The van der Waals surface area contributed by atoms with Gasteiger partial charge in [0.2, 0.25) is 0 Å². The van der Waals surface area contributed by atoms with Crippen LogP contribution in [0.2, 0.25) is 0 Å². The molecule has 1 atom stereocenters. The summed E-state index contributed by atoms with van der Waals surface area (Å²) in [5.74, 6) is 0.808. The topological polar surface area (TPSA) is 71.0 Å². The number of benzene rings is 3. The van der Waals surface area contributed by atoms with E-state index in [4.69, 9.17) is 9.47 Å². The molecule has 0 aromatic heterocycles. The Bertz CT molecular complexity index is 1030. The van der Waals surface area contributed by atoms with Gasteiger partial charge in [0, 0.05) is 5.69 Å². The fraction of sp³-hybridized carbons (Fsp3) is 0.136. The van der Waals surface area contributed by atoms with Gasteiger partial charge in [-0.3, -0.25) is 9.69 Å². The van der Waals surface area contributed by atoms with E-state index in [1.165, 1.54) is 7.11 Å². The number of rotatable bonds is 4. The van der Waals surface area contributed by atoms with Gasteiger partial charge in [-0.2, -0.15) is 0 Å². The molecular weight excluding hydrogens is 356 g/mol. The van der Waals surface area contributed by atoms with Crippen molar-refractivity contribution in [3.8, 4) is 17.2 Å². The zero-order valence-corrected chi connectivity index (χ0v) is 15.5. The van der Waals surface area contributed by atoms with Crippen molar-refractivity contribution in [1.82, 2.24) is 0 Å². The normalized spacial score (nSPS) is 15.6. The highest BCUT2D eigenvalue weighted by atomic mass is 16.5. The van der Waals surface area contributed by atoms with Gasteiger partial charge in [0.25, 0.3) is 5.91 Å². The number of carbonyl (C=O) groups excluding carboxylic acids is 1. The van der Waals surface area contributed by atoms with E-state index < -0.39 is 6.17 Å². The van der Waals surface area contributed by atoms with Crippen molar-refractivity contribution < 1.29 is 19.4 Å². The van der Waals surface area contributed by atoms with Crippen LogP contribution in [0.15, 0.2) is 66.7 Å². The Kier molecular flexibility index (Phi) is 4.53. The number of para-hydroxylation sites is 3. The predicted molar refractivity (Wildman–Crippen MR) is 107 cm³/mol. The van der Waals surface area contributed by atoms with Crippen molar-refractivity contribution in [3.63, 3.8) is 0 Å². The maximum absolute atomic E-state index is 13.4. The van der Waals surface area contributed by atoms with E-state index in [9.17, 15) is 9.90 Å². The first-order valence-electron chi connectivity index (χ1n) is 8.83. The van der Waals surface area contributed by atoms with Crippen molar-refractivity contribution in [2.75, 3.05) is 24.4 Å². The first-order chi connectivity index (χ1) is 13.6. The SMILES string of the molecule is COc1ccc([C@H]2Nc3ccccc3C(=O)N2c2ccccc2OC)cc1O. The molecule has 142 valence electrons. The van der Waals surface area contributed by atoms with Crippen LogP contribution in [0, 0.1) is 0 Å². The van der Waals surface area contributed by atoms with Gasteiger partial charge in [-0.1, -0.05) is 30.3 Å². The minimum atomic E-state index is -0.532. The van der Waals surface area contributed by atoms with Gasteiger partial charge in [-0.25, -0.2) is 0 Å². The predicted octanol–water partition coefficient (Wildman–Crippen LogP) is 4.18. The number of ether oxygens (including phenoxy) is 2. The molecule has 1 aliphatic rings. The van der Waals surface area contributed by atoms with Crippen molar-refractivity contribution in [3.05, 3.63) is 77.9 Å². The van der Waals surface area contributed by atoms with Gasteiger partial charge < -0.3 is 19.9 Å². The molecule has 0 bridgehead atoms. The Morgan fingerprint density at radius 3 is 2.39 bits per heavy atom. The maximum Gasteiger partial charge on any atom is 0.262 e. The quantitative estimate of drug-likeness (QED) is 0.715. The van der Waals surface area contributed by atoms with Crippen LogP contribution in [0.1, 0.15) is 22.1 Å². The van der Waals surface area contributed by atoms with Crippen LogP contribution in [-0.4, -0.2) is 25.2 Å². The molecule has 6 nitrogen and oxygen atoms in total. The molecule has 0 saturated heterocycles. The van der Waals surface area contributed by atoms with E-state index in [-0.39, 0.29) is 11.7 Å². The van der Waals surface area contributed by atoms with E-state index in [0.29, 0.717) is 28.3 Å². The second-order valence-corrected chi connectivity index (χ2v) is 6.37. The number of aromatic hydroxyl groups is 1. The molecule has 0 saturated carbocycles. The van der Waals surface area contributed by atoms with Crippen molar-refractivity contribution >= 4 is 17.3 Å². The lowest BCUT2D eigenvalue weighted by atomic mass is 10.0. The number of nitrogens with one attached hydrogen (secondary N) is 1. The molecule has 0 aliphatic carbocycles. The number of amides is 1. The second kappa shape index (κ2) is 7.15. The van der Waals surface area contributed by atoms with E-state index in [1.54, 1.807) is 30.2 Å². The zero-order valence-electron chi connectivity index (χ0n) is 15.5. The number of hydrogen-bond acceptors (Lipinski definition) is 5. The Balaban J connectivity index is 1.89. The average molecular weight is 376 g/mol. The van der Waals surface area contributed by atoms with Crippen LogP contribution in [0.3, 0.4) is 0 Å². The summed E-state index contributed by atoms with van der Waals surface area (Å²) in [6.45, 7) is 0. The highest BCUT2D eigenvalue weighted by Crippen LogP contribution is 2.41. The van der Waals surface area contributed by atoms with Gasteiger partial charge in [0.15, 0.2) is 11.5 Å². The zero-order chi connectivity index (χ0) is 19.7. The third-order valence-electron chi connectivity index (χ3n) is 4.79. The first kappa shape index (κ1) is 17.7. The molecule has 28 heavy (non-hydrogen) atoms. The number of phenols is 1. The summed E-state index contributed by atoms with van der Waals surface area (Å²) in [5.41, 5.74) is 2.66. The van der Waals surface area contributed by atoms with Crippen LogP contribution in [0.5, 0.6) is 17.2 Å². The summed E-state index contributed by atoms with van der Waals surface area (Å²) in [7, 11) is 3.07. The van der Waals surface area contributed by atoms with Gasteiger partial charge in [-0.05, 0) is 42.0 Å². The van der Waals surface area contributed by atoms with Crippen LogP contribution in [-0.2, 0) is 0 Å². The second-order valence-electron chi connectivity index (χ2n) is 6.37. The number of carbonyl (C=O) groups is 1. The van der Waals surface area contributed by atoms with E-state index in [0.717, 1.165) is 5.69 Å². The number of hydrogen-bond donors (Lipinski definition) is 2. The lowest BCUT2D eigenvalue weighted by Gasteiger charge is -2.38. The Morgan fingerprint density at radius 2 is 1.64 bits per heavy atom. The monoisotopic (exact) mass is 376 g/mol. The lowest BCUT2D eigenvalue weighted by molar-refractivity contribution is 0.0974. The Hall–Kier alpha value is -3.67. The molecule has 0 spiro atoms. The van der Waals surface area contributed by atoms with Crippen LogP contribution in [0.25, 0.3) is 0 Å². The number of fused-ring (bicyclic) bond motifs is 1. The number of methoxy groups -OCH3 is 2. The van der Waals surface area contributed by atoms with Crippen molar-refractivity contribution in [2.24, 2.45) is 0 Å². The molecule has 1 heterocycles. The molecule has 0 radical (unpaired) electrons. The third-order valence-corrected chi connectivity index (χ3v) is 4.79. The fourth-order valence-electron chi connectivity index (χ4n) is 3.44. The van der Waals surface area contributed by atoms with Gasteiger partial charge >= 0.3 is 0 Å². The molecule has 3 aromatic rings. The minimum Gasteiger partial charge on any atom is -0.504 e. The first-order valence-corrected chi connectivity index (χ1v) is 8.83. The Morgan fingerprint density at radius 1 is 0.929 bits per heavy atom. The molecule has 2 N–H and O–H groups in total. The van der Waals surface area contributed by atoms with E-state index in [2.05, 4.69) is 5.32 Å². The molecule has 3 aromatic carbocycles. The average Bonchev–Trinajstić information content (AvgIpc) is 2.73. The van der Waals surface area contributed by atoms with Gasteiger partial charge in [-0.15, -0.1) is 0 Å². The third kappa shape index (κ3) is 2.89. The number of phenolic OH excluding ortho intramolecular Hbond substituents is 1. The Labute approximate surface area is 162 Å². The fourth-order valence-corrected chi connectivity index (χ4v) is 3.44. The van der Waals surface area contributed by atoms with Crippen molar-refractivity contribution in [1.29, 1.82) is 0 Å². The smallest absolute Gasteiger partial charge is 0.262 e. The summed E-state index contributed by atoms with van der Waals surface area (Å²) in [4.78, 5) is 15.1. The summed E-state index contributed by atoms with van der Waals surface area (Å²) in [6.07, 6.45) is -0.532. The minimum absolute atomic E-state index is 0.00749. The summed E-state index contributed by atoms with van der Waals surface area (Å²) >= 11 is 0. The molecule has 1 amide bonds. The largest absolute Gasteiger partial charge is 0.504 e. The molecular formula is C22H20N2O4. The summed E-state index contributed by atoms with van der Waals surface area (Å²) in [5, 5.41) is 13.7. The van der Waals surface area contributed by atoms with Crippen molar-refractivity contribution in [2.45, 2.75) is 6.17 Å². The summed E-state index contributed by atoms with van der Waals surface area (Å²) < 4.78 is 10.6. The van der Waals surface area contributed by atoms with Gasteiger partial charge in [0.1, 0.15) is 11.9 Å². The van der Waals surface area contributed by atoms with Crippen LogP contribution < -0.4 is 19.7 Å². The molecule has 4 rings (SSSR count). The standard InChI is InChI=1S/C22H20N2O4/c1-27-19-10-6-5-9-17(19)24-21(14-11-12-20(28-2)18(25)13-14)23-16-8-4-3-7-15(16)22(24)26/h3-13,21,23,25H,1-2H3/t21-/m0/s1. The highest BCUT2D eigenvalue weighted by molar-refractivity contribution is 6.12. The number of anilines is 2. The lowest BCUT2D eigenvalue weighted by Crippen LogP contribution is -2.43. The highest BCUT2D eigenvalue weighted by Gasteiger charge is 2.35.